The largest absolute Gasteiger partial charge is 0.313 e. The van der Waals surface area contributed by atoms with Crippen molar-refractivity contribution in [2.75, 3.05) is 11.9 Å². The molecule has 0 spiro atoms. The molecule has 0 bridgehead atoms. The molecule has 0 atom stereocenters. The SMILES string of the molecule is BrCCCCCNCc1ccccc1Br. The van der Waals surface area contributed by atoms with Crippen molar-refractivity contribution in [1.82, 2.24) is 5.32 Å². The molecule has 0 fully saturated rings. The van der Waals surface area contributed by atoms with E-state index in [9.17, 15) is 0 Å². The van der Waals surface area contributed by atoms with E-state index in [2.05, 4.69) is 55.4 Å². The maximum Gasteiger partial charge on any atom is 0.0220 e. The molecule has 84 valence electrons. The van der Waals surface area contributed by atoms with Gasteiger partial charge in [-0.05, 0) is 31.0 Å². The van der Waals surface area contributed by atoms with Gasteiger partial charge in [0.15, 0.2) is 0 Å². The van der Waals surface area contributed by atoms with Gasteiger partial charge < -0.3 is 5.32 Å². The number of benzene rings is 1. The lowest BCUT2D eigenvalue weighted by atomic mass is 10.2. The Kier molecular flexibility index (Phi) is 7.32. The van der Waals surface area contributed by atoms with Crippen LogP contribution in [-0.4, -0.2) is 11.9 Å². The van der Waals surface area contributed by atoms with E-state index < -0.39 is 0 Å². The van der Waals surface area contributed by atoms with Gasteiger partial charge in [-0.1, -0.05) is 56.5 Å². The van der Waals surface area contributed by atoms with Crippen LogP contribution < -0.4 is 5.32 Å². The Balaban J connectivity index is 2.12. The van der Waals surface area contributed by atoms with E-state index in [-0.39, 0.29) is 0 Å². The number of hydrogen-bond donors (Lipinski definition) is 1. The molecule has 0 aliphatic carbocycles. The zero-order valence-electron chi connectivity index (χ0n) is 8.81. The molecule has 0 radical (unpaired) electrons. The second kappa shape index (κ2) is 8.31. The standard InChI is InChI=1S/C12H17Br2N/c13-8-4-1-5-9-15-10-11-6-2-3-7-12(11)14/h2-3,6-7,15H,1,4-5,8-10H2. The minimum Gasteiger partial charge on any atom is -0.313 e. The first-order chi connectivity index (χ1) is 7.34. The Labute approximate surface area is 109 Å². The number of hydrogen-bond acceptors (Lipinski definition) is 1. The summed E-state index contributed by atoms with van der Waals surface area (Å²) >= 11 is 6.98. The van der Waals surface area contributed by atoms with Crippen LogP contribution >= 0.6 is 31.9 Å². The van der Waals surface area contributed by atoms with Crippen molar-refractivity contribution in [1.29, 1.82) is 0 Å². The topological polar surface area (TPSA) is 12.0 Å². The van der Waals surface area contributed by atoms with E-state index in [4.69, 9.17) is 0 Å². The van der Waals surface area contributed by atoms with Gasteiger partial charge in [0, 0.05) is 16.3 Å². The smallest absolute Gasteiger partial charge is 0.0220 e. The van der Waals surface area contributed by atoms with Gasteiger partial charge in [-0.15, -0.1) is 0 Å². The highest BCUT2D eigenvalue weighted by Crippen LogP contribution is 2.15. The highest BCUT2D eigenvalue weighted by molar-refractivity contribution is 9.10. The molecule has 1 rings (SSSR count). The third-order valence-corrected chi connectivity index (χ3v) is 3.59. The van der Waals surface area contributed by atoms with Gasteiger partial charge in [0.1, 0.15) is 0 Å². The number of halogens is 2. The van der Waals surface area contributed by atoms with Gasteiger partial charge >= 0.3 is 0 Å². The molecule has 1 N–H and O–H groups in total. The van der Waals surface area contributed by atoms with Crippen LogP contribution in [0.15, 0.2) is 28.7 Å². The van der Waals surface area contributed by atoms with Crippen LogP contribution in [0.25, 0.3) is 0 Å². The Bertz CT molecular complexity index is 276. The normalized spacial score (nSPS) is 10.5. The van der Waals surface area contributed by atoms with Crippen LogP contribution in [0, 0.1) is 0 Å². The highest BCUT2D eigenvalue weighted by atomic mass is 79.9. The molecular formula is C12H17Br2N. The molecule has 1 aromatic carbocycles. The first kappa shape index (κ1) is 13.2. The van der Waals surface area contributed by atoms with Crippen LogP contribution in [0.4, 0.5) is 0 Å². The molecule has 0 unspecified atom stereocenters. The van der Waals surface area contributed by atoms with Crippen molar-refractivity contribution in [2.45, 2.75) is 25.8 Å². The second-order valence-electron chi connectivity index (χ2n) is 3.52. The number of rotatable bonds is 7. The van der Waals surface area contributed by atoms with Crippen molar-refractivity contribution in [2.24, 2.45) is 0 Å². The van der Waals surface area contributed by atoms with Crippen molar-refractivity contribution in [3.63, 3.8) is 0 Å². The Hall–Kier alpha value is 0.140. The van der Waals surface area contributed by atoms with Gasteiger partial charge in [0.25, 0.3) is 0 Å². The Morgan fingerprint density at radius 1 is 1.07 bits per heavy atom. The van der Waals surface area contributed by atoms with Crippen molar-refractivity contribution >= 4 is 31.9 Å². The van der Waals surface area contributed by atoms with Crippen molar-refractivity contribution in [3.8, 4) is 0 Å². The second-order valence-corrected chi connectivity index (χ2v) is 5.17. The van der Waals surface area contributed by atoms with E-state index in [1.807, 2.05) is 6.07 Å². The van der Waals surface area contributed by atoms with E-state index >= 15 is 0 Å². The fourth-order valence-corrected chi connectivity index (χ4v) is 2.21. The summed E-state index contributed by atoms with van der Waals surface area (Å²) in [7, 11) is 0. The minimum absolute atomic E-state index is 0.954. The lowest BCUT2D eigenvalue weighted by Crippen LogP contribution is -2.14. The molecule has 0 heterocycles. The molecule has 0 saturated carbocycles. The Morgan fingerprint density at radius 3 is 2.60 bits per heavy atom. The maximum absolute atomic E-state index is 3.54. The molecule has 0 aromatic heterocycles. The van der Waals surface area contributed by atoms with Gasteiger partial charge in [-0.25, -0.2) is 0 Å². The molecule has 0 amide bonds. The van der Waals surface area contributed by atoms with Gasteiger partial charge in [0.2, 0.25) is 0 Å². The molecular weight excluding hydrogens is 318 g/mol. The van der Waals surface area contributed by atoms with Crippen molar-refractivity contribution < 1.29 is 0 Å². The lowest BCUT2D eigenvalue weighted by Gasteiger charge is -2.06. The quantitative estimate of drug-likeness (QED) is 0.584. The summed E-state index contributed by atoms with van der Waals surface area (Å²) in [5.41, 5.74) is 1.33. The monoisotopic (exact) mass is 333 g/mol. The zero-order chi connectivity index (χ0) is 10.9. The van der Waals surface area contributed by atoms with E-state index in [0.717, 1.165) is 18.4 Å². The predicted molar refractivity (Wildman–Crippen MR) is 73.5 cm³/mol. The third-order valence-electron chi connectivity index (χ3n) is 2.26. The van der Waals surface area contributed by atoms with Gasteiger partial charge in [-0.3, -0.25) is 0 Å². The summed E-state index contributed by atoms with van der Waals surface area (Å²) in [5.74, 6) is 0. The molecule has 1 aromatic rings. The van der Waals surface area contributed by atoms with Crippen LogP contribution in [-0.2, 0) is 6.54 Å². The van der Waals surface area contributed by atoms with E-state index in [0.29, 0.717) is 0 Å². The molecule has 0 saturated heterocycles. The van der Waals surface area contributed by atoms with Crippen LogP contribution in [0.2, 0.25) is 0 Å². The summed E-state index contributed by atoms with van der Waals surface area (Å²) in [5, 5.41) is 4.58. The summed E-state index contributed by atoms with van der Waals surface area (Å²) < 4.78 is 1.19. The Morgan fingerprint density at radius 2 is 1.87 bits per heavy atom. The number of nitrogens with one attached hydrogen (secondary N) is 1. The predicted octanol–water partition coefficient (Wildman–Crippen LogP) is 4.10. The molecule has 15 heavy (non-hydrogen) atoms. The van der Waals surface area contributed by atoms with Crippen molar-refractivity contribution in [3.05, 3.63) is 34.3 Å². The van der Waals surface area contributed by atoms with Crippen LogP contribution in [0.3, 0.4) is 0 Å². The van der Waals surface area contributed by atoms with Crippen LogP contribution in [0.1, 0.15) is 24.8 Å². The fraction of sp³-hybridized carbons (Fsp3) is 0.500. The molecule has 3 heteroatoms. The third kappa shape index (κ3) is 5.69. The van der Waals surface area contributed by atoms with Gasteiger partial charge in [-0.2, -0.15) is 0 Å². The fourth-order valence-electron chi connectivity index (χ4n) is 1.39. The molecule has 0 aliphatic heterocycles. The first-order valence-electron chi connectivity index (χ1n) is 5.34. The van der Waals surface area contributed by atoms with Crippen LogP contribution in [0.5, 0.6) is 0 Å². The first-order valence-corrected chi connectivity index (χ1v) is 7.26. The minimum atomic E-state index is 0.954. The number of alkyl halides is 1. The zero-order valence-corrected chi connectivity index (χ0v) is 12.0. The molecule has 1 nitrogen and oxygen atoms in total. The average molecular weight is 335 g/mol. The maximum atomic E-state index is 3.54. The van der Waals surface area contributed by atoms with E-state index in [1.54, 1.807) is 0 Å². The summed E-state index contributed by atoms with van der Waals surface area (Å²) in [6.45, 7) is 2.06. The highest BCUT2D eigenvalue weighted by Gasteiger charge is 1.96. The lowest BCUT2D eigenvalue weighted by molar-refractivity contribution is 0.618. The number of unbranched alkanes of at least 4 members (excludes halogenated alkanes) is 2. The average Bonchev–Trinajstić information content (AvgIpc) is 2.25. The van der Waals surface area contributed by atoms with E-state index in [1.165, 1.54) is 29.3 Å². The summed E-state index contributed by atoms with van der Waals surface area (Å²) in [4.78, 5) is 0. The summed E-state index contributed by atoms with van der Waals surface area (Å²) in [6.07, 6.45) is 3.83. The van der Waals surface area contributed by atoms with Gasteiger partial charge in [0.05, 0.1) is 0 Å². The summed E-state index contributed by atoms with van der Waals surface area (Å²) in [6, 6.07) is 8.35. The molecule has 0 aliphatic rings.